The Labute approximate surface area is 84.6 Å². The smallest absolute Gasteiger partial charge is 0.177 e. The molecule has 2 heterocycles. The lowest BCUT2D eigenvalue weighted by atomic mass is 10.3. The average molecular weight is 238 g/mol. The van der Waals surface area contributed by atoms with Gasteiger partial charge in [-0.25, -0.2) is 4.98 Å². The Bertz CT molecular complexity index is 383. The maximum Gasteiger partial charge on any atom is 0.177 e. The molecule has 0 bridgehead atoms. The van der Waals surface area contributed by atoms with E-state index in [-0.39, 0.29) is 0 Å². The van der Waals surface area contributed by atoms with Crippen LogP contribution in [0.15, 0.2) is 41.7 Å². The summed E-state index contributed by atoms with van der Waals surface area (Å²) in [4.78, 5) is 8.12. The largest absolute Gasteiger partial charge is 0.321 e. The van der Waals surface area contributed by atoms with Crippen LogP contribution in [0.25, 0.3) is 0 Å². The van der Waals surface area contributed by atoms with E-state index in [9.17, 15) is 0 Å². The van der Waals surface area contributed by atoms with Crippen molar-refractivity contribution in [1.82, 2.24) is 14.5 Å². The summed E-state index contributed by atoms with van der Waals surface area (Å²) < 4.78 is 2.85. The van der Waals surface area contributed by atoms with E-state index in [4.69, 9.17) is 0 Å². The van der Waals surface area contributed by atoms with E-state index >= 15 is 0 Å². The lowest BCUT2D eigenvalue weighted by molar-refractivity contribution is 0.771. The van der Waals surface area contributed by atoms with Crippen molar-refractivity contribution in [2.75, 3.05) is 0 Å². The minimum atomic E-state index is 0.800. The lowest BCUT2D eigenvalue weighted by Gasteiger charge is -2.02. The minimum absolute atomic E-state index is 0.800. The molecule has 0 unspecified atom stereocenters. The van der Waals surface area contributed by atoms with E-state index in [0.717, 1.165) is 11.3 Å². The lowest BCUT2D eigenvalue weighted by Crippen LogP contribution is -1.98. The molecule has 0 saturated heterocycles. The molecule has 0 N–H and O–H groups in total. The van der Waals surface area contributed by atoms with Crippen LogP contribution in [-0.2, 0) is 6.54 Å². The van der Waals surface area contributed by atoms with Crippen molar-refractivity contribution in [3.8, 4) is 0 Å². The first-order valence-corrected chi connectivity index (χ1v) is 4.71. The molecule has 4 heteroatoms. The first-order valence-electron chi connectivity index (χ1n) is 3.92. The number of hydrogen-bond acceptors (Lipinski definition) is 2. The standard InChI is InChI=1S/C9H8BrN3/c10-9-12-4-5-13(9)7-8-2-1-3-11-6-8/h1-6H,7H2. The third-order valence-corrected chi connectivity index (χ3v) is 2.40. The Morgan fingerprint density at radius 3 is 2.92 bits per heavy atom. The molecular formula is C9H8BrN3. The number of nitrogens with zero attached hydrogens (tertiary/aromatic N) is 3. The van der Waals surface area contributed by atoms with Crippen molar-refractivity contribution in [1.29, 1.82) is 0 Å². The molecule has 3 nitrogen and oxygen atoms in total. The molecule has 0 spiro atoms. The molecule has 0 amide bonds. The van der Waals surface area contributed by atoms with Crippen molar-refractivity contribution < 1.29 is 0 Å². The Kier molecular flexibility index (Phi) is 2.40. The summed E-state index contributed by atoms with van der Waals surface area (Å²) in [6, 6.07) is 3.97. The molecule has 2 rings (SSSR count). The summed E-state index contributed by atoms with van der Waals surface area (Å²) in [7, 11) is 0. The van der Waals surface area contributed by atoms with Crippen LogP contribution >= 0.6 is 15.9 Å². The van der Waals surface area contributed by atoms with Crippen molar-refractivity contribution in [2.24, 2.45) is 0 Å². The van der Waals surface area contributed by atoms with E-state index < -0.39 is 0 Å². The van der Waals surface area contributed by atoms with Gasteiger partial charge in [-0.1, -0.05) is 6.07 Å². The third-order valence-electron chi connectivity index (χ3n) is 1.74. The zero-order valence-corrected chi connectivity index (χ0v) is 8.48. The topological polar surface area (TPSA) is 30.7 Å². The van der Waals surface area contributed by atoms with Gasteiger partial charge in [0, 0.05) is 24.8 Å². The molecule has 0 atom stereocenters. The molecule has 2 aromatic rings. The van der Waals surface area contributed by atoms with Crippen LogP contribution in [0.2, 0.25) is 0 Å². The van der Waals surface area contributed by atoms with Gasteiger partial charge in [-0.2, -0.15) is 0 Å². The Morgan fingerprint density at radius 1 is 1.38 bits per heavy atom. The maximum atomic E-state index is 4.07. The minimum Gasteiger partial charge on any atom is -0.321 e. The summed E-state index contributed by atoms with van der Waals surface area (Å²) in [5, 5.41) is 0. The van der Waals surface area contributed by atoms with Gasteiger partial charge in [0.05, 0.1) is 6.54 Å². The van der Waals surface area contributed by atoms with E-state index in [1.54, 1.807) is 12.4 Å². The monoisotopic (exact) mass is 237 g/mol. The predicted molar refractivity (Wildman–Crippen MR) is 53.3 cm³/mol. The van der Waals surface area contributed by atoms with Crippen molar-refractivity contribution in [3.63, 3.8) is 0 Å². The summed E-state index contributed by atoms with van der Waals surface area (Å²) >= 11 is 3.36. The summed E-state index contributed by atoms with van der Waals surface area (Å²) in [5.41, 5.74) is 1.17. The fraction of sp³-hybridized carbons (Fsp3) is 0.111. The number of imidazole rings is 1. The second-order valence-electron chi connectivity index (χ2n) is 2.69. The van der Waals surface area contributed by atoms with Gasteiger partial charge in [0.2, 0.25) is 0 Å². The first kappa shape index (κ1) is 8.44. The molecule has 0 fully saturated rings. The Morgan fingerprint density at radius 2 is 2.31 bits per heavy atom. The Hall–Kier alpha value is -1.16. The summed E-state index contributed by atoms with van der Waals surface area (Å²) in [6.45, 7) is 0.800. The van der Waals surface area contributed by atoms with Gasteiger partial charge in [0.1, 0.15) is 0 Å². The average Bonchev–Trinajstić information content (AvgIpc) is 2.54. The molecule has 13 heavy (non-hydrogen) atoms. The van der Waals surface area contributed by atoms with Crippen LogP contribution < -0.4 is 0 Å². The maximum absolute atomic E-state index is 4.07. The van der Waals surface area contributed by atoms with E-state index in [2.05, 4.69) is 25.9 Å². The van der Waals surface area contributed by atoms with Gasteiger partial charge in [-0.3, -0.25) is 4.98 Å². The molecule has 0 aliphatic carbocycles. The second kappa shape index (κ2) is 3.70. The van der Waals surface area contributed by atoms with Gasteiger partial charge in [-0.05, 0) is 27.6 Å². The molecule has 0 saturated carbocycles. The van der Waals surface area contributed by atoms with Crippen LogP contribution in [0.5, 0.6) is 0 Å². The molecule has 0 aliphatic heterocycles. The number of hydrogen-bond donors (Lipinski definition) is 0. The highest BCUT2D eigenvalue weighted by molar-refractivity contribution is 9.10. The van der Waals surface area contributed by atoms with E-state index in [0.29, 0.717) is 0 Å². The van der Waals surface area contributed by atoms with Crippen LogP contribution in [0.4, 0.5) is 0 Å². The number of pyridine rings is 1. The van der Waals surface area contributed by atoms with Gasteiger partial charge < -0.3 is 4.57 Å². The van der Waals surface area contributed by atoms with Crippen molar-refractivity contribution >= 4 is 15.9 Å². The number of halogens is 1. The summed E-state index contributed by atoms with van der Waals surface area (Å²) in [6.07, 6.45) is 7.32. The van der Waals surface area contributed by atoms with Crippen LogP contribution in [0, 0.1) is 0 Å². The molecular weight excluding hydrogens is 230 g/mol. The fourth-order valence-electron chi connectivity index (χ4n) is 1.12. The van der Waals surface area contributed by atoms with Crippen LogP contribution in [0.3, 0.4) is 0 Å². The zero-order chi connectivity index (χ0) is 9.10. The highest BCUT2D eigenvalue weighted by Crippen LogP contribution is 2.08. The predicted octanol–water partition coefficient (Wildman–Crippen LogP) is 2.09. The fourth-order valence-corrected chi connectivity index (χ4v) is 1.48. The van der Waals surface area contributed by atoms with Crippen LogP contribution in [0.1, 0.15) is 5.56 Å². The zero-order valence-electron chi connectivity index (χ0n) is 6.89. The molecule has 0 aliphatic rings. The van der Waals surface area contributed by atoms with Crippen molar-refractivity contribution in [3.05, 3.63) is 47.2 Å². The molecule has 0 aromatic carbocycles. The van der Waals surface area contributed by atoms with E-state index in [1.807, 2.05) is 29.1 Å². The second-order valence-corrected chi connectivity index (χ2v) is 3.39. The SMILES string of the molecule is Brc1nccn1Cc1cccnc1. The van der Waals surface area contributed by atoms with Crippen LogP contribution in [-0.4, -0.2) is 14.5 Å². The van der Waals surface area contributed by atoms with E-state index in [1.165, 1.54) is 5.56 Å². The van der Waals surface area contributed by atoms with Gasteiger partial charge in [0.25, 0.3) is 0 Å². The quantitative estimate of drug-likeness (QED) is 0.801. The molecule has 0 radical (unpaired) electrons. The Balaban J connectivity index is 2.20. The molecule has 2 aromatic heterocycles. The summed E-state index contributed by atoms with van der Waals surface area (Å²) in [5.74, 6) is 0. The highest BCUT2D eigenvalue weighted by Gasteiger charge is 1.98. The number of rotatable bonds is 2. The number of aromatic nitrogens is 3. The van der Waals surface area contributed by atoms with Crippen molar-refractivity contribution in [2.45, 2.75) is 6.54 Å². The third kappa shape index (κ3) is 1.95. The molecule has 66 valence electrons. The normalized spacial score (nSPS) is 10.2. The van der Waals surface area contributed by atoms with Gasteiger partial charge in [-0.15, -0.1) is 0 Å². The van der Waals surface area contributed by atoms with Gasteiger partial charge >= 0.3 is 0 Å². The van der Waals surface area contributed by atoms with Gasteiger partial charge in [0.15, 0.2) is 4.73 Å². The first-order chi connectivity index (χ1) is 6.36. The highest BCUT2D eigenvalue weighted by atomic mass is 79.9.